The highest BCUT2D eigenvalue weighted by Gasteiger charge is 2.12. The summed E-state index contributed by atoms with van der Waals surface area (Å²) in [6, 6.07) is 8.08. The lowest BCUT2D eigenvalue weighted by Gasteiger charge is -2.01. The molecule has 98 valence electrons. The summed E-state index contributed by atoms with van der Waals surface area (Å²) in [5.41, 5.74) is 0. The predicted octanol–water partition coefficient (Wildman–Crippen LogP) is 2.98. The molecule has 0 bridgehead atoms. The molecular formula is C14H18O3S. The van der Waals surface area contributed by atoms with Crippen LogP contribution in [0.25, 0.3) is 0 Å². The van der Waals surface area contributed by atoms with E-state index in [1.165, 1.54) is 12.1 Å². The minimum Gasteiger partial charge on any atom is -0.253 e. The van der Waals surface area contributed by atoms with E-state index in [4.69, 9.17) is 4.18 Å². The topological polar surface area (TPSA) is 43.4 Å². The van der Waals surface area contributed by atoms with Crippen LogP contribution in [-0.2, 0) is 14.3 Å². The fourth-order valence-corrected chi connectivity index (χ4v) is 2.21. The average Bonchev–Trinajstić information content (AvgIpc) is 2.39. The third-order valence-electron chi connectivity index (χ3n) is 2.35. The molecule has 0 aromatic heterocycles. The zero-order chi connectivity index (χ0) is 13.3. The SMILES string of the molecule is CCCCCC#CCOS(=O)(=O)c1ccccc1. The molecule has 0 saturated carbocycles. The van der Waals surface area contributed by atoms with Crippen molar-refractivity contribution < 1.29 is 12.6 Å². The van der Waals surface area contributed by atoms with Gasteiger partial charge in [0, 0.05) is 6.42 Å². The van der Waals surface area contributed by atoms with Crippen molar-refractivity contribution in [1.29, 1.82) is 0 Å². The van der Waals surface area contributed by atoms with E-state index in [0.29, 0.717) is 0 Å². The molecule has 1 aromatic rings. The molecule has 0 radical (unpaired) electrons. The Morgan fingerprint density at radius 1 is 1.11 bits per heavy atom. The second-order valence-electron chi connectivity index (χ2n) is 3.84. The van der Waals surface area contributed by atoms with Crippen LogP contribution in [0, 0.1) is 11.8 Å². The van der Waals surface area contributed by atoms with Gasteiger partial charge in [0.05, 0.1) is 4.90 Å². The van der Waals surface area contributed by atoms with Crippen LogP contribution in [-0.4, -0.2) is 15.0 Å². The minimum atomic E-state index is -3.66. The van der Waals surface area contributed by atoms with E-state index in [9.17, 15) is 8.42 Å². The first-order chi connectivity index (χ1) is 8.67. The van der Waals surface area contributed by atoms with Crippen molar-refractivity contribution in [2.24, 2.45) is 0 Å². The van der Waals surface area contributed by atoms with Crippen LogP contribution in [0.5, 0.6) is 0 Å². The number of unbranched alkanes of at least 4 members (excludes halogenated alkanes) is 3. The summed E-state index contributed by atoms with van der Waals surface area (Å²) < 4.78 is 28.2. The highest BCUT2D eigenvalue weighted by molar-refractivity contribution is 7.86. The maximum absolute atomic E-state index is 11.7. The summed E-state index contributed by atoms with van der Waals surface area (Å²) in [5.74, 6) is 5.62. The van der Waals surface area contributed by atoms with Gasteiger partial charge in [-0.25, -0.2) is 0 Å². The smallest absolute Gasteiger partial charge is 0.253 e. The van der Waals surface area contributed by atoms with Gasteiger partial charge >= 0.3 is 0 Å². The number of hydrogen-bond donors (Lipinski definition) is 0. The number of benzene rings is 1. The molecule has 4 heteroatoms. The number of rotatable bonds is 6. The molecule has 0 amide bonds. The first-order valence-corrected chi connectivity index (χ1v) is 7.48. The van der Waals surface area contributed by atoms with E-state index in [0.717, 1.165) is 25.7 Å². The van der Waals surface area contributed by atoms with E-state index >= 15 is 0 Å². The Morgan fingerprint density at radius 3 is 2.50 bits per heavy atom. The third kappa shape index (κ3) is 5.35. The van der Waals surface area contributed by atoms with Gasteiger partial charge in [-0.15, -0.1) is 5.92 Å². The summed E-state index contributed by atoms with van der Waals surface area (Å²) in [4.78, 5) is 0.165. The quantitative estimate of drug-likeness (QED) is 0.451. The lowest BCUT2D eigenvalue weighted by Crippen LogP contribution is -2.06. The lowest BCUT2D eigenvalue weighted by molar-refractivity contribution is 0.363. The Morgan fingerprint density at radius 2 is 1.83 bits per heavy atom. The molecule has 0 aliphatic carbocycles. The Hall–Kier alpha value is -1.31. The third-order valence-corrected chi connectivity index (χ3v) is 3.63. The van der Waals surface area contributed by atoms with Crippen molar-refractivity contribution in [3.63, 3.8) is 0 Å². The highest BCUT2D eigenvalue weighted by Crippen LogP contribution is 2.10. The fraction of sp³-hybridized carbons (Fsp3) is 0.429. The molecule has 0 spiro atoms. The van der Waals surface area contributed by atoms with Crippen LogP contribution in [0.15, 0.2) is 35.2 Å². The fourth-order valence-electron chi connectivity index (χ4n) is 1.37. The van der Waals surface area contributed by atoms with Gasteiger partial charge in [-0.1, -0.05) is 43.9 Å². The van der Waals surface area contributed by atoms with Crippen LogP contribution >= 0.6 is 0 Å². The Kier molecular flexibility index (Phi) is 6.48. The van der Waals surface area contributed by atoms with Crippen molar-refractivity contribution in [2.75, 3.05) is 6.61 Å². The van der Waals surface area contributed by atoms with Crippen LogP contribution < -0.4 is 0 Å². The molecule has 18 heavy (non-hydrogen) atoms. The van der Waals surface area contributed by atoms with Crippen LogP contribution in [0.2, 0.25) is 0 Å². The zero-order valence-corrected chi connectivity index (χ0v) is 11.4. The van der Waals surface area contributed by atoms with Gasteiger partial charge < -0.3 is 0 Å². The molecule has 0 unspecified atom stereocenters. The maximum atomic E-state index is 11.7. The first kappa shape index (κ1) is 14.7. The summed E-state index contributed by atoms with van der Waals surface area (Å²) in [7, 11) is -3.66. The number of hydrogen-bond acceptors (Lipinski definition) is 3. The van der Waals surface area contributed by atoms with Crippen molar-refractivity contribution in [2.45, 2.75) is 37.5 Å². The van der Waals surface area contributed by atoms with Crippen LogP contribution in [0.4, 0.5) is 0 Å². The van der Waals surface area contributed by atoms with E-state index < -0.39 is 10.1 Å². The molecule has 1 rings (SSSR count). The van der Waals surface area contributed by atoms with Crippen molar-refractivity contribution in [3.8, 4) is 11.8 Å². The van der Waals surface area contributed by atoms with E-state index in [1.54, 1.807) is 18.2 Å². The molecule has 0 fully saturated rings. The maximum Gasteiger partial charge on any atom is 0.297 e. The molecule has 0 saturated heterocycles. The molecular weight excluding hydrogens is 248 g/mol. The molecule has 3 nitrogen and oxygen atoms in total. The lowest BCUT2D eigenvalue weighted by atomic mass is 10.2. The summed E-state index contributed by atoms with van der Waals surface area (Å²) >= 11 is 0. The molecule has 0 atom stereocenters. The van der Waals surface area contributed by atoms with Gasteiger partial charge in [-0.05, 0) is 18.6 Å². The van der Waals surface area contributed by atoms with Gasteiger partial charge in [0.1, 0.15) is 6.61 Å². The zero-order valence-electron chi connectivity index (χ0n) is 10.6. The van der Waals surface area contributed by atoms with Gasteiger partial charge in [-0.2, -0.15) is 8.42 Å². The minimum absolute atomic E-state index is 0.0800. The normalized spacial score (nSPS) is 10.7. The summed E-state index contributed by atoms with van der Waals surface area (Å²) in [5, 5.41) is 0. The van der Waals surface area contributed by atoms with Crippen molar-refractivity contribution in [1.82, 2.24) is 0 Å². The van der Waals surface area contributed by atoms with Crippen LogP contribution in [0.3, 0.4) is 0 Å². The van der Waals surface area contributed by atoms with Gasteiger partial charge in [0.15, 0.2) is 0 Å². The van der Waals surface area contributed by atoms with Crippen molar-refractivity contribution >= 4 is 10.1 Å². The first-order valence-electron chi connectivity index (χ1n) is 6.07. The molecule has 0 N–H and O–H groups in total. The monoisotopic (exact) mass is 266 g/mol. The van der Waals surface area contributed by atoms with E-state index in [2.05, 4.69) is 18.8 Å². The van der Waals surface area contributed by atoms with Crippen molar-refractivity contribution in [3.05, 3.63) is 30.3 Å². The van der Waals surface area contributed by atoms with Gasteiger partial charge in [-0.3, -0.25) is 4.18 Å². The second kappa shape index (κ2) is 7.91. The standard InChI is InChI=1S/C14H18O3S/c1-2-3-4-5-6-10-13-17-18(15,16)14-11-8-7-9-12-14/h7-9,11-12H,2-5,13H2,1H3. The molecule has 0 aliphatic rings. The second-order valence-corrected chi connectivity index (χ2v) is 5.46. The molecule has 0 aliphatic heterocycles. The summed E-state index contributed by atoms with van der Waals surface area (Å²) in [6.07, 6.45) is 4.15. The molecule has 1 aromatic carbocycles. The average molecular weight is 266 g/mol. The Bertz CT molecular complexity index is 495. The Balaban J connectivity index is 2.39. The highest BCUT2D eigenvalue weighted by atomic mass is 32.2. The molecule has 0 heterocycles. The largest absolute Gasteiger partial charge is 0.297 e. The Labute approximate surface area is 109 Å². The van der Waals surface area contributed by atoms with Gasteiger partial charge in [0.2, 0.25) is 0 Å². The van der Waals surface area contributed by atoms with E-state index in [1.807, 2.05) is 0 Å². The summed E-state index contributed by atoms with van der Waals surface area (Å²) in [6.45, 7) is 2.05. The predicted molar refractivity (Wildman–Crippen MR) is 71.5 cm³/mol. The van der Waals surface area contributed by atoms with Gasteiger partial charge in [0.25, 0.3) is 10.1 Å². The van der Waals surface area contributed by atoms with Crippen LogP contribution in [0.1, 0.15) is 32.6 Å². The van der Waals surface area contributed by atoms with E-state index in [-0.39, 0.29) is 11.5 Å².